The van der Waals surface area contributed by atoms with Gasteiger partial charge in [0, 0.05) is 18.8 Å². The maximum Gasteiger partial charge on any atom is 0.224 e. The molecule has 7 nitrogen and oxygen atoms in total. The van der Waals surface area contributed by atoms with E-state index in [-0.39, 0.29) is 5.95 Å². The molecule has 0 aliphatic heterocycles. The number of nitrogens with two attached hydrogens (primary N) is 1. The zero-order valence-corrected chi connectivity index (χ0v) is 9.96. The maximum atomic E-state index is 5.70. The first-order valence-corrected chi connectivity index (χ1v) is 5.78. The van der Waals surface area contributed by atoms with Gasteiger partial charge in [-0.15, -0.1) is 0 Å². The van der Waals surface area contributed by atoms with Gasteiger partial charge in [-0.05, 0) is 6.42 Å². The standard InChI is InChI=1S/C11H13N7/c1-2-3-7-13-4-5-18(7)10-8-9(15-6-14-8)16-11(12)17-10/h4-6H,2-3H2,1H3,(H3,12,14,15,16,17). The molecule has 3 rings (SSSR count). The number of fused-ring (bicyclic) bond motifs is 1. The second-order valence-electron chi connectivity index (χ2n) is 3.97. The molecule has 3 heterocycles. The summed E-state index contributed by atoms with van der Waals surface area (Å²) in [5.74, 6) is 1.85. The molecule has 92 valence electrons. The Kier molecular flexibility index (Phi) is 2.44. The molecular formula is C11H13N7. The second kappa shape index (κ2) is 4.10. The van der Waals surface area contributed by atoms with Crippen molar-refractivity contribution in [1.82, 2.24) is 29.5 Å². The van der Waals surface area contributed by atoms with Gasteiger partial charge in [0.25, 0.3) is 0 Å². The fourth-order valence-electron chi connectivity index (χ4n) is 1.94. The number of nitrogens with zero attached hydrogens (tertiary/aromatic N) is 5. The summed E-state index contributed by atoms with van der Waals surface area (Å²) in [4.78, 5) is 19.8. The Hall–Kier alpha value is -2.44. The lowest BCUT2D eigenvalue weighted by Gasteiger charge is -2.07. The van der Waals surface area contributed by atoms with Crippen molar-refractivity contribution in [1.29, 1.82) is 0 Å². The number of rotatable bonds is 3. The highest BCUT2D eigenvalue weighted by Gasteiger charge is 2.13. The zero-order chi connectivity index (χ0) is 12.5. The van der Waals surface area contributed by atoms with Crippen molar-refractivity contribution in [3.8, 4) is 5.82 Å². The van der Waals surface area contributed by atoms with Crippen molar-refractivity contribution in [2.24, 2.45) is 0 Å². The van der Waals surface area contributed by atoms with Crippen LogP contribution in [0.2, 0.25) is 0 Å². The third kappa shape index (κ3) is 1.60. The van der Waals surface area contributed by atoms with E-state index in [0.717, 1.165) is 24.2 Å². The van der Waals surface area contributed by atoms with Crippen molar-refractivity contribution in [2.45, 2.75) is 19.8 Å². The van der Waals surface area contributed by atoms with Crippen LogP contribution in [0.25, 0.3) is 17.0 Å². The normalized spacial score (nSPS) is 11.2. The van der Waals surface area contributed by atoms with E-state index < -0.39 is 0 Å². The molecule has 18 heavy (non-hydrogen) atoms. The summed E-state index contributed by atoms with van der Waals surface area (Å²) in [5, 5.41) is 0. The van der Waals surface area contributed by atoms with E-state index in [1.807, 2.05) is 10.8 Å². The zero-order valence-electron chi connectivity index (χ0n) is 9.96. The summed E-state index contributed by atoms with van der Waals surface area (Å²) in [7, 11) is 0. The van der Waals surface area contributed by atoms with Crippen molar-refractivity contribution in [3.63, 3.8) is 0 Å². The summed E-state index contributed by atoms with van der Waals surface area (Å²) >= 11 is 0. The number of nitrogens with one attached hydrogen (secondary N) is 1. The van der Waals surface area contributed by atoms with Gasteiger partial charge < -0.3 is 10.7 Å². The van der Waals surface area contributed by atoms with Crippen LogP contribution in [-0.2, 0) is 6.42 Å². The minimum absolute atomic E-state index is 0.209. The highest BCUT2D eigenvalue weighted by molar-refractivity contribution is 5.79. The molecule has 7 heteroatoms. The second-order valence-corrected chi connectivity index (χ2v) is 3.97. The van der Waals surface area contributed by atoms with Crippen LogP contribution in [0.15, 0.2) is 18.7 Å². The van der Waals surface area contributed by atoms with Crippen LogP contribution in [0, 0.1) is 0 Å². The minimum atomic E-state index is 0.209. The number of nitrogen functional groups attached to an aromatic ring is 1. The van der Waals surface area contributed by atoms with E-state index in [0.29, 0.717) is 11.5 Å². The van der Waals surface area contributed by atoms with Gasteiger partial charge in [0.15, 0.2) is 11.5 Å². The van der Waals surface area contributed by atoms with Gasteiger partial charge in [-0.3, -0.25) is 4.57 Å². The molecule has 0 amide bonds. The molecule has 0 radical (unpaired) electrons. The highest BCUT2D eigenvalue weighted by atomic mass is 15.2. The van der Waals surface area contributed by atoms with E-state index in [2.05, 4.69) is 31.8 Å². The number of anilines is 1. The van der Waals surface area contributed by atoms with Crippen LogP contribution in [0.4, 0.5) is 5.95 Å². The molecule has 0 aliphatic carbocycles. The highest BCUT2D eigenvalue weighted by Crippen LogP contribution is 2.18. The largest absolute Gasteiger partial charge is 0.368 e. The predicted octanol–water partition coefficient (Wildman–Crippen LogP) is 1.07. The first-order chi connectivity index (χ1) is 8.79. The summed E-state index contributed by atoms with van der Waals surface area (Å²) < 4.78 is 1.92. The first-order valence-electron chi connectivity index (χ1n) is 5.78. The Morgan fingerprint density at radius 1 is 1.33 bits per heavy atom. The summed E-state index contributed by atoms with van der Waals surface area (Å²) in [6, 6.07) is 0. The molecule has 3 aromatic heterocycles. The fraction of sp³-hybridized carbons (Fsp3) is 0.273. The molecule has 0 fully saturated rings. The van der Waals surface area contributed by atoms with Crippen LogP contribution in [0.5, 0.6) is 0 Å². The Bertz CT molecular complexity index is 682. The molecule has 0 aliphatic rings. The smallest absolute Gasteiger partial charge is 0.224 e. The molecule has 0 saturated carbocycles. The van der Waals surface area contributed by atoms with E-state index in [9.17, 15) is 0 Å². The maximum absolute atomic E-state index is 5.70. The van der Waals surface area contributed by atoms with Gasteiger partial charge in [-0.2, -0.15) is 9.97 Å². The quantitative estimate of drug-likeness (QED) is 0.717. The van der Waals surface area contributed by atoms with Gasteiger partial charge in [-0.25, -0.2) is 9.97 Å². The van der Waals surface area contributed by atoms with Crippen molar-refractivity contribution in [2.75, 3.05) is 5.73 Å². The third-order valence-electron chi connectivity index (χ3n) is 2.70. The SMILES string of the molecule is CCCc1nccn1-c1nc(N)nc2nc[nH]c12. The Labute approximate surface area is 103 Å². The van der Waals surface area contributed by atoms with E-state index in [4.69, 9.17) is 5.73 Å². The van der Waals surface area contributed by atoms with E-state index in [1.165, 1.54) is 0 Å². The molecule has 0 saturated heterocycles. The van der Waals surface area contributed by atoms with Crippen molar-refractivity contribution < 1.29 is 0 Å². The number of hydrogen-bond acceptors (Lipinski definition) is 5. The van der Waals surface area contributed by atoms with Crippen LogP contribution < -0.4 is 5.73 Å². The fourth-order valence-corrected chi connectivity index (χ4v) is 1.94. The average Bonchev–Trinajstić information content (AvgIpc) is 2.96. The number of hydrogen-bond donors (Lipinski definition) is 2. The lowest BCUT2D eigenvalue weighted by atomic mass is 10.3. The number of imidazole rings is 2. The molecule has 0 atom stereocenters. The molecule has 3 aromatic rings. The molecule has 3 N–H and O–H groups in total. The van der Waals surface area contributed by atoms with Crippen LogP contribution in [-0.4, -0.2) is 29.5 Å². The Balaban J connectivity index is 2.24. The van der Waals surface area contributed by atoms with Gasteiger partial charge in [0.1, 0.15) is 11.3 Å². The third-order valence-corrected chi connectivity index (χ3v) is 2.70. The van der Waals surface area contributed by atoms with Gasteiger partial charge in [-0.1, -0.05) is 6.92 Å². The van der Waals surface area contributed by atoms with Gasteiger partial charge in [0.05, 0.1) is 6.33 Å². The Morgan fingerprint density at radius 3 is 3.06 bits per heavy atom. The number of aromatic amines is 1. The van der Waals surface area contributed by atoms with Crippen molar-refractivity contribution >= 4 is 17.1 Å². The number of H-pyrrole nitrogens is 1. The van der Waals surface area contributed by atoms with Gasteiger partial charge in [0.2, 0.25) is 5.95 Å². The molecular weight excluding hydrogens is 230 g/mol. The monoisotopic (exact) mass is 243 g/mol. The summed E-state index contributed by atoms with van der Waals surface area (Å²) in [6.45, 7) is 2.11. The van der Waals surface area contributed by atoms with Gasteiger partial charge >= 0.3 is 0 Å². The predicted molar refractivity (Wildman–Crippen MR) is 67.2 cm³/mol. The molecule has 0 aromatic carbocycles. The van der Waals surface area contributed by atoms with Crippen molar-refractivity contribution in [3.05, 3.63) is 24.5 Å². The van der Waals surface area contributed by atoms with Crippen LogP contribution >= 0.6 is 0 Å². The van der Waals surface area contributed by atoms with Crippen LogP contribution in [0.3, 0.4) is 0 Å². The topological polar surface area (TPSA) is 98.3 Å². The van der Waals surface area contributed by atoms with Crippen LogP contribution in [0.1, 0.15) is 19.2 Å². The number of aryl methyl sites for hydroxylation is 1. The molecule has 0 spiro atoms. The summed E-state index contributed by atoms with van der Waals surface area (Å²) in [6.07, 6.45) is 7.10. The lowest BCUT2D eigenvalue weighted by molar-refractivity contribution is 0.800. The molecule has 0 unspecified atom stereocenters. The van der Waals surface area contributed by atoms with E-state index in [1.54, 1.807) is 12.5 Å². The molecule has 0 bridgehead atoms. The first kappa shape index (κ1) is 10.7. The Morgan fingerprint density at radius 2 is 2.22 bits per heavy atom. The number of aromatic nitrogens is 6. The minimum Gasteiger partial charge on any atom is -0.368 e. The average molecular weight is 243 g/mol. The summed E-state index contributed by atoms with van der Waals surface area (Å²) in [5.41, 5.74) is 7.03. The lowest BCUT2D eigenvalue weighted by Crippen LogP contribution is -2.06. The van der Waals surface area contributed by atoms with E-state index >= 15 is 0 Å².